The molecule has 0 saturated carbocycles. The summed E-state index contributed by atoms with van der Waals surface area (Å²) in [6, 6.07) is 12.4. The third kappa shape index (κ3) is 5.27. The van der Waals surface area contributed by atoms with Crippen molar-refractivity contribution in [1.82, 2.24) is 0 Å². The number of hydrogen-bond donors (Lipinski definition) is 1. The number of hydrogen-bond acceptors (Lipinski definition) is 4. The highest BCUT2D eigenvalue weighted by Crippen LogP contribution is 2.28. The molecule has 0 aliphatic rings. The van der Waals surface area contributed by atoms with Gasteiger partial charge in [-0.15, -0.1) is 0 Å². The Morgan fingerprint density at radius 3 is 2.76 bits per heavy atom. The van der Waals surface area contributed by atoms with Gasteiger partial charge in [0, 0.05) is 16.8 Å². The van der Waals surface area contributed by atoms with E-state index in [2.05, 4.69) is 5.32 Å². The number of carbonyl (C=O) groups excluding carboxylic acids is 1. The number of benzene rings is 2. The lowest BCUT2D eigenvalue weighted by atomic mass is 10.1. The standard InChI is InChI=1S/C19H17ClN2O3/c1-13-11-15(20)5-6-16(13)22-19(23)8-4-14-3-7-17(25-10-9-21)18(12-14)24-2/h3-8,11-12H,10H2,1-2H3,(H,22,23)/b8-4+. The van der Waals surface area contributed by atoms with Crippen LogP contribution in [0, 0.1) is 18.3 Å². The molecule has 2 rings (SSSR count). The van der Waals surface area contributed by atoms with Crippen LogP contribution in [0.25, 0.3) is 6.08 Å². The summed E-state index contributed by atoms with van der Waals surface area (Å²) in [6.45, 7) is 1.81. The van der Waals surface area contributed by atoms with Gasteiger partial charge >= 0.3 is 0 Å². The second-order valence-electron chi connectivity index (χ2n) is 5.14. The summed E-state index contributed by atoms with van der Waals surface area (Å²) < 4.78 is 10.5. The van der Waals surface area contributed by atoms with Crippen LogP contribution in [0.5, 0.6) is 11.5 Å². The number of nitrogens with zero attached hydrogens (tertiary/aromatic N) is 1. The fourth-order valence-electron chi connectivity index (χ4n) is 2.13. The van der Waals surface area contributed by atoms with Gasteiger partial charge in [0.2, 0.25) is 5.91 Å². The number of rotatable bonds is 6. The molecular formula is C19H17ClN2O3. The molecule has 6 heteroatoms. The summed E-state index contributed by atoms with van der Waals surface area (Å²) in [4.78, 5) is 12.1. The van der Waals surface area contributed by atoms with E-state index in [0.717, 1.165) is 11.1 Å². The van der Waals surface area contributed by atoms with Gasteiger partial charge in [0.15, 0.2) is 18.1 Å². The zero-order valence-electron chi connectivity index (χ0n) is 13.9. The molecule has 0 radical (unpaired) electrons. The molecule has 5 nitrogen and oxygen atoms in total. The van der Waals surface area contributed by atoms with Crippen molar-refractivity contribution in [3.05, 3.63) is 58.6 Å². The SMILES string of the molecule is COc1cc(/C=C/C(=O)Nc2ccc(Cl)cc2C)ccc1OCC#N. The number of anilines is 1. The van der Waals surface area contributed by atoms with E-state index in [4.69, 9.17) is 26.3 Å². The first-order chi connectivity index (χ1) is 12.0. The average Bonchev–Trinajstić information content (AvgIpc) is 2.60. The van der Waals surface area contributed by atoms with Crippen LogP contribution < -0.4 is 14.8 Å². The van der Waals surface area contributed by atoms with Gasteiger partial charge < -0.3 is 14.8 Å². The van der Waals surface area contributed by atoms with Gasteiger partial charge in [0.25, 0.3) is 0 Å². The molecule has 0 spiro atoms. The summed E-state index contributed by atoms with van der Waals surface area (Å²) in [5.41, 5.74) is 2.36. The quantitative estimate of drug-likeness (QED) is 0.787. The Balaban J connectivity index is 2.07. The van der Waals surface area contributed by atoms with E-state index in [0.29, 0.717) is 22.2 Å². The van der Waals surface area contributed by atoms with E-state index in [1.807, 2.05) is 13.0 Å². The van der Waals surface area contributed by atoms with Gasteiger partial charge in [-0.05, 0) is 54.5 Å². The molecule has 2 aromatic rings. The van der Waals surface area contributed by atoms with E-state index < -0.39 is 0 Å². The van der Waals surface area contributed by atoms with Crippen LogP contribution in [0.1, 0.15) is 11.1 Å². The van der Waals surface area contributed by atoms with Gasteiger partial charge in [-0.25, -0.2) is 0 Å². The van der Waals surface area contributed by atoms with E-state index in [1.54, 1.807) is 42.5 Å². The summed E-state index contributed by atoms with van der Waals surface area (Å²) >= 11 is 5.90. The first-order valence-corrected chi connectivity index (χ1v) is 7.84. The normalized spacial score (nSPS) is 10.3. The number of nitrogens with one attached hydrogen (secondary N) is 1. The Labute approximate surface area is 151 Å². The van der Waals surface area contributed by atoms with Crippen molar-refractivity contribution in [2.45, 2.75) is 6.92 Å². The molecule has 2 aromatic carbocycles. The minimum absolute atomic E-state index is 0.0611. The highest BCUT2D eigenvalue weighted by Gasteiger charge is 2.06. The second kappa shape index (κ2) is 8.76. The summed E-state index contributed by atoms with van der Waals surface area (Å²) in [5, 5.41) is 12.0. The summed E-state index contributed by atoms with van der Waals surface area (Å²) in [7, 11) is 1.51. The molecular weight excluding hydrogens is 340 g/mol. The summed E-state index contributed by atoms with van der Waals surface area (Å²) in [6.07, 6.45) is 3.09. The minimum atomic E-state index is -0.255. The van der Waals surface area contributed by atoms with Gasteiger partial charge in [0.05, 0.1) is 7.11 Å². The Morgan fingerprint density at radius 1 is 1.28 bits per heavy atom. The van der Waals surface area contributed by atoms with Crippen LogP contribution in [-0.2, 0) is 4.79 Å². The zero-order valence-corrected chi connectivity index (χ0v) is 14.6. The molecule has 0 saturated heterocycles. The van der Waals surface area contributed by atoms with Gasteiger partial charge in [-0.2, -0.15) is 5.26 Å². The van der Waals surface area contributed by atoms with Crippen molar-refractivity contribution in [3.63, 3.8) is 0 Å². The Bertz CT molecular complexity index is 841. The fourth-order valence-corrected chi connectivity index (χ4v) is 2.36. The van der Waals surface area contributed by atoms with Gasteiger partial charge in [-0.3, -0.25) is 4.79 Å². The van der Waals surface area contributed by atoms with Crippen LogP contribution in [0.3, 0.4) is 0 Å². The predicted octanol–water partition coefficient (Wildman–Crippen LogP) is 4.21. The highest BCUT2D eigenvalue weighted by atomic mass is 35.5. The van der Waals surface area contributed by atoms with Crippen LogP contribution in [0.15, 0.2) is 42.5 Å². The van der Waals surface area contributed by atoms with Crippen molar-refractivity contribution in [2.24, 2.45) is 0 Å². The lowest BCUT2D eigenvalue weighted by molar-refractivity contribution is -0.111. The number of aryl methyl sites for hydroxylation is 1. The second-order valence-corrected chi connectivity index (χ2v) is 5.58. The summed E-state index contributed by atoms with van der Waals surface area (Å²) in [5.74, 6) is 0.711. The lowest BCUT2D eigenvalue weighted by Crippen LogP contribution is -2.08. The lowest BCUT2D eigenvalue weighted by Gasteiger charge is -2.09. The van der Waals surface area contributed by atoms with Crippen molar-refractivity contribution in [2.75, 3.05) is 19.0 Å². The van der Waals surface area contributed by atoms with Crippen molar-refractivity contribution >= 4 is 29.3 Å². The molecule has 0 fully saturated rings. The van der Waals surface area contributed by atoms with Crippen LogP contribution in [0.4, 0.5) is 5.69 Å². The Hall–Kier alpha value is -2.97. The van der Waals surface area contributed by atoms with Gasteiger partial charge in [0.1, 0.15) is 6.07 Å². The number of amides is 1. The van der Waals surface area contributed by atoms with Crippen LogP contribution in [0.2, 0.25) is 5.02 Å². The fraction of sp³-hybridized carbons (Fsp3) is 0.158. The molecule has 0 aliphatic carbocycles. The molecule has 0 unspecified atom stereocenters. The topological polar surface area (TPSA) is 71.3 Å². The molecule has 1 amide bonds. The number of ether oxygens (including phenoxy) is 2. The monoisotopic (exact) mass is 356 g/mol. The largest absolute Gasteiger partial charge is 0.493 e. The zero-order chi connectivity index (χ0) is 18.2. The van der Waals surface area contributed by atoms with E-state index >= 15 is 0 Å². The minimum Gasteiger partial charge on any atom is -0.493 e. The molecule has 0 aromatic heterocycles. The molecule has 25 heavy (non-hydrogen) atoms. The van der Waals surface area contributed by atoms with Gasteiger partial charge in [-0.1, -0.05) is 17.7 Å². The van der Waals surface area contributed by atoms with E-state index in [9.17, 15) is 4.79 Å². The molecule has 1 N–H and O–H groups in total. The number of nitriles is 1. The molecule has 128 valence electrons. The first kappa shape index (κ1) is 18.4. The maximum absolute atomic E-state index is 12.1. The number of carbonyl (C=O) groups is 1. The van der Waals surface area contributed by atoms with E-state index in [1.165, 1.54) is 13.2 Å². The van der Waals surface area contributed by atoms with Crippen molar-refractivity contribution in [3.8, 4) is 17.6 Å². The molecule has 0 heterocycles. The first-order valence-electron chi connectivity index (χ1n) is 7.46. The molecule has 0 aliphatic heterocycles. The Kier molecular flexibility index (Phi) is 6.44. The van der Waals surface area contributed by atoms with Crippen LogP contribution >= 0.6 is 11.6 Å². The van der Waals surface area contributed by atoms with Crippen LogP contribution in [-0.4, -0.2) is 19.6 Å². The smallest absolute Gasteiger partial charge is 0.248 e. The highest BCUT2D eigenvalue weighted by molar-refractivity contribution is 6.30. The number of methoxy groups -OCH3 is 1. The molecule has 0 atom stereocenters. The predicted molar refractivity (Wildman–Crippen MR) is 98.0 cm³/mol. The van der Waals surface area contributed by atoms with Crippen molar-refractivity contribution in [1.29, 1.82) is 5.26 Å². The van der Waals surface area contributed by atoms with E-state index in [-0.39, 0.29) is 12.5 Å². The third-order valence-corrected chi connectivity index (χ3v) is 3.59. The third-order valence-electron chi connectivity index (χ3n) is 3.35. The number of halogens is 1. The molecule has 0 bridgehead atoms. The Morgan fingerprint density at radius 2 is 2.08 bits per heavy atom. The maximum Gasteiger partial charge on any atom is 0.248 e. The maximum atomic E-state index is 12.1. The average molecular weight is 357 g/mol. The van der Waals surface area contributed by atoms with Crippen molar-refractivity contribution < 1.29 is 14.3 Å².